The molecule has 2 aliphatic carbocycles. The first-order chi connectivity index (χ1) is 7.76. The monoisotopic (exact) mass is 211 g/mol. The maximum absolute atomic E-state index is 11.7. The van der Waals surface area contributed by atoms with E-state index in [0.717, 1.165) is 12.8 Å². The van der Waals surface area contributed by atoms with Crippen molar-refractivity contribution in [3.05, 3.63) is 35.4 Å². The molecule has 16 heavy (non-hydrogen) atoms. The van der Waals surface area contributed by atoms with Crippen molar-refractivity contribution in [2.45, 2.75) is 31.6 Å². The summed E-state index contributed by atoms with van der Waals surface area (Å²) < 4.78 is 0. The Morgan fingerprint density at radius 1 is 1.25 bits per heavy atom. The van der Waals surface area contributed by atoms with E-state index in [4.69, 9.17) is 5.26 Å². The number of nitriles is 1. The van der Waals surface area contributed by atoms with Crippen LogP contribution in [0.5, 0.6) is 0 Å². The molecule has 2 aliphatic rings. The third-order valence-corrected chi connectivity index (χ3v) is 4.30. The SMILES string of the molecule is N#Cc1ccc(C2CC(=O)C23CCC3)cc1. The second kappa shape index (κ2) is 3.18. The van der Waals surface area contributed by atoms with E-state index in [1.165, 1.54) is 12.0 Å². The highest BCUT2D eigenvalue weighted by molar-refractivity contribution is 5.94. The molecule has 0 aliphatic heterocycles. The van der Waals surface area contributed by atoms with Crippen LogP contribution in [0.15, 0.2) is 24.3 Å². The van der Waals surface area contributed by atoms with Crippen LogP contribution in [0.25, 0.3) is 0 Å². The lowest BCUT2D eigenvalue weighted by Gasteiger charge is -2.54. The van der Waals surface area contributed by atoms with Gasteiger partial charge in [-0.3, -0.25) is 4.79 Å². The van der Waals surface area contributed by atoms with Gasteiger partial charge in [0.05, 0.1) is 11.6 Å². The summed E-state index contributed by atoms with van der Waals surface area (Å²) in [5.41, 5.74) is 1.92. The zero-order chi connectivity index (χ0) is 11.2. The van der Waals surface area contributed by atoms with Gasteiger partial charge >= 0.3 is 0 Å². The average Bonchev–Trinajstić information content (AvgIpc) is 2.24. The molecule has 1 spiro atoms. The summed E-state index contributed by atoms with van der Waals surface area (Å²) in [5.74, 6) is 0.870. The zero-order valence-electron chi connectivity index (χ0n) is 9.07. The fourth-order valence-electron chi connectivity index (χ4n) is 3.06. The fraction of sp³-hybridized carbons (Fsp3) is 0.429. The second-order valence-corrected chi connectivity index (χ2v) is 4.92. The summed E-state index contributed by atoms with van der Waals surface area (Å²) in [6.45, 7) is 0. The first-order valence-electron chi connectivity index (χ1n) is 5.80. The Balaban J connectivity index is 1.88. The lowest BCUT2D eigenvalue weighted by molar-refractivity contribution is -0.148. The Bertz CT molecular complexity index is 476. The smallest absolute Gasteiger partial charge is 0.140 e. The van der Waals surface area contributed by atoms with Gasteiger partial charge in [0.15, 0.2) is 0 Å². The van der Waals surface area contributed by atoms with Gasteiger partial charge in [-0.1, -0.05) is 18.6 Å². The van der Waals surface area contributed by atoms with Gasteiger partial charge in [0.25, 0.3) is 0 Å². The van der Waals surface area contributed by atoms with Crippen molar-refractivity contribution in [3.63, 3.8) is 0 Å². The van der Waals surface area contributed by atoms with Crippen molar-refractivity contribution in [2.24, 2.45) is 5.41 Å². The van der Waals surface area contributed by atoms with Crippen LogP contribution in [-0.2, 0) is 4.79 Å². The molecule has 0 bridgehead atoms. The number of carbonyl (C=O) groups is 1. The number of hydrogen-bond acceptors (Lipinski definition) is 2. The molecule has 0 saturated heterocycles. The Morgan fingerprint density at radius 3 is 2.38 bits per heavy atom. The van der Waals surface area contributed by atoms with E-state index in [1.807, 2.05) is 24.3 Å². The van der Waals surface area contributed by atoms with Gasteiger partial charge < -0.3 is 0 Å². The standard InChI is InChI=1S/C14H13NO/c15-9-10-2-4-11(5-3-10)12-8-13(16)14(12)6-1-7-14/h2-5,12H,1,6-8H2. The Hall–Kier alpha value is -1.62. The van der Waals surface area contributed by atoms with Crippen molar-refractivity contribution in [2.75, 3.05) is 0 Å². The number of nitrogens with zero attached hydrogens (tertiary/aromatic N) is 1. The van der Waals surface area contributed by atoms with E-state index >= 15 is 0 Å². The van der Waals surface area contributed by atoms with Gasteiger partial charge in [0.1, 0.15) is 5.78 Å². The van der Waals surface area contributed by atoms with Crippen LogP contribution in [0, 0.1) is 16.7 Å². The van der Waals surface area contributed by atoms with Gasteiger partial charge in [-0.05, 0) is 30.5 Å². The van der Waals surface area contributed by atoms with Crippen molar-refractivity contribution < 1.29 is 4.79 Å². The largest absolute Gasteiger partial charge is 0.299 e. The maximum Gasteiger partial charge on any atom is 0.140 e. The summed E-state index contributed by atoms with van der Waals surface area (Å²) in [5, 5.41) is 8.74. The summed E-state index contributed by atoms with van der Waals surface area (Å²) >= 11 is 0. The van der Waals surface area contributed by atoms with Crippen LogP contribution in [0.3, 0.4) is 0 Å². The number of Topliss-reactive ketones (excluding diaryl/α,β-unsaturated/α-hetero) is 1. The third kappa shape index (κ3) is 1.09. The molecular weight excluding hydrogens is 198 g/mol. The highest BCUT2D eigenvalue weighted by Gasteiger charge is 2.58. The van der Waals surface area contributed by atoms with Gasteiger partial charge in [-0.25, -0.2) is 0 Å². The van der Waals surface area contributed by atoms with Crippen molar-refractivity contribution in [1.82, 2.24) is 0 Å². The molecule has 2 saturated carbocycles. The maximum atomic E-state index is 11.7. The van der Waals surface area contributed by atoms with Crippen molar-refractivity contribution >= 4 is 5.78 Å². The summed E-state index contributed by atoms with van der Waals surface area (Å²) in [6.07, 6.45) is 4.03. The lowest BCUT2D eigenvalue weighted by Crippen LogP contribution is -2.52. The van der Waals surface area contributed by atoms with Crippen molar-refractivity contribution in [1.29, 1.82) is 5.26 Å². The van der Waals surface area contributed by atoms with E-state index < -0.39 is 0 Å². The molecule has 2 fully saturated rings. The number of ketones is 1. The van der Waals surface area contributed by atoms with Crippen LogP contribution in [0.2, 0.25) is 0 Å². The number of carbonyl (C=O) groups excluding carboxylic acids is 1. The fourth-order valence-corrected chi connectivity index (χ4v) is 3.06. The van der Waals surface area contributed by atoms with Crippen LogP contribution in [0.1, 0.15) is 42.7 Å². The molecular formula is C14H13NO. The highest BCUT2D eigenvalue weighted by atomic mass is 16.1. The quantitative estimate of drug-likeness (QED) is 0.716. The molecule has 0 amide bonds. The van der Waals surface area contributed by atoms with E-state index in [-0.39, 0.29) is 5.41 Å². The van der Waals surface area contributed by atoms with Crippen LogP contribution in [-0.4, -0.2) is 5.78 Å². The molecule has 1 atom stereocenters. The zero-order valence-corrected chi connectivity index (χ0v) is 9.07. The first-order valence-corrected chi connectivity index (χ1v) is 5.80. The number of hydrogen-bond donors (Lipinski definition) is 0. The molecule has 1 aromatic carbocycles. The second-order valence-electron chi connectivity index (χ2n) is 4.92. The van der Waals surface area contributed by atoms with E-state index in [2.05, 4.69) is 6.07 Å². The van der Waals surface area contributed by atoms with Gasteiger partial charge in [0.2, 0.25) is 0 Å². The van der Waals surface area contributed by atoms with Gasteiger partial charge in [-0.2, -0.15) is 5.26 Å². The molecule has 3 rings (SSSR count). The predicted molar refractivity (Wildman–Crippen MR) is 59.8 cm³/mol. The Kier molecular flexibility index (Phi) is 1.91. The minimum Gasteiger partial charge on any atom is -0.299 e. The summed E-state index contributed by atoms with van der Waals surface area (Å²) in [6, 6.07) is 9.84. The topological polar surface area (TPSA) is 40.9 Å². The van der Waals surface area contributed by atoms with Crippen LogP contribution < -0.4 is 0 Å². The molecule has 0 radical (unpaired) electrons. The molecule has 2 nitrogen and oxygen atoms in total. The lowest BCUT2D eigenvalue weighted by atomic mass is 9.47. The van der Waals surface area contributed by atoms with E-state index in [0.29, 0.717) is 23.7 Å². The first kappa shape index (κ1) is 9.59. The van der Waals surface area contributed by atoms with Crippen LogP contribution >= 0.6 is 0 Å². The molecule has 0 aromatic heterocycles. The predicted octanol–water partition coefficient (Wildman–Crippen LogP) is 2.78. The van der Waals surface area contributed by atoms with Crippen LogP contribution in [0.4, 0.5) is 0 Å². The molecule has 80 valence electrons. The molecule has 0 N–H and O–H groups in total. The number of benzene rings is 1. The molecule has 1 unspecified atom stereocenters. The summed E-state index contributed by atoms with van der Waals surface area (Å²) in [7, 11) is 0. The van der Waals surface area contributed by atoms with E-state index in [9.17, 15) is 4.79 Å². The number of rotatable bonds is 1. The van der Waals surface area contributed by atoms with Crippen molar-refractivity contribution in [3.8, 4) is 6.07 Å². The Morgan fingerprint density at radius 2 is 1.94 bits per heavy atom. The normalized spacial score (nSPS) is 25.7. The summed E-state index contributed by atoms with van der Waals surface area (Å²) in [4.78, 5) is 11.7. The minimum atomic E-state index is -0.00579. The third-order valence-electron chi connectivity index (χ3n) is 4.30. The molecule has 2 heteroatoms. The Labute approximate surface area is 94.9 Å². The minimum absolute atomic E-state index is 0.00579. The van der Waals surface area contributed by atoms with Gasteiger partial charge in [0, 0.05) is 17.8 Å². The van der Waals surface area contributed by atoms with Gasteiger partial charge in [-0.15, -0.1) is 0 Å². The average molecular weight is 211 g/mol. The van der Waals surface area contributed by atoms with E-state index in [1.54, 1.807) is 0 Å². The molecule has 1 aromatic rings. The highest BCUT2D eigenvalue weighted by Crippen LogP contribution is 2.61. The molecule has 0 heterocycles.